The van der Waals surface area contributed by atoms with Crippen molar-refractivity contribution in [2.75, 3.05) is 38.9 Å². The lowest BCUT2D eigenvalue weighted by molar-refractivity contribution is 0.144. The topological polar surface area (TPSA) is 6.48 Å². The Morgan fingerprint density at radius 1 is 0.955 bits per heavy atom. The van der Waals surface area contributed by atoms with Crippen molar-refractivity contribution in [1.29, 1.82) is 0 Å². The Morgan fingerprint density at radius 2 is 1.55 bits per heavy atom. The number of piperazine rings is 1. The van der Waals surface area contributed by atoms with Gasteiger partial charge in [-0.2, -0.15) is 0 Å². The lowest BCUT2D eigenvalue weighted by Crippen LogP contribution is -2.52. The van der Waals surface area contributed by atoms with E-state index >= 15 is 0 Å². The highest BCUT2D eigenvalue weighted by Crippen LogP contribution is 2.15. The molecule has 1 aliphatic heterocycles. The summed E-state index contributed by atoms with van der Waals surface area (Å²) < 4.78 is 0. The largest absolute Gasteiger partial charge is 0.304 e. The summed E-state index contributed by atoms with van der Waals surface area (Å²) >= 11 is 0. The summed E-state index contributed by atoms with van der Waals surface area (Å²) in [5.74, 6) is 0. The van der Waals surface area contributed by atoms with Gasteiger partial charge in [-0.15, -0.1) is 12.4 Å². The van der Waals surface area contributed by atoms with Gasteiger partial charge in [0.25, 0.3) is 0 Å². The van der Waals surface area contributed by atoms with Gasteiger partial charge in [-0.05, 0) is 25.2 Å². The standard InChI is InChI=1S/C18H32N2Si.ClH/c1-4-5-11-19-12-14-20(15-13-19)17-21(2,3)16-18-9-7-6-8-10-18;/h6-10H,4-5,11-17H2,1-3H3;1H. The normalized spacial score (nSPS) is 17.2. The lowest BCUT2D eigenvalue weighted by Gasteiger charge is -2.38. The van der Waals surface area contributed by atoms with Crippen LogP contribution in [0.4, 0.5) is 0 Å². The van der Waals surface area contributed by atoms with Gasteiger partial charge < -0.3 is 9.80 Å². The summed E-state index contributed by atoms with van der Waals surface area (Å²) in [7, 11) is -1.17. The van der Waals surface area contributed by atoms with E-state index in [1.54, 1.807) is 0 Å². The van der Waals surface area contributed by atoms with Gasteiger partial charge in [-0.3, -0.25) is 0 Å². The van der Waals surface area contributed by atoms with E-state index in [9.17, 15) is 0 Å². The Morgan fingerprint density at radius 3 is 2.14 bits per heavy atom. The second-order valence-electron chi connectivity index (χ2n) is 7.30. The monoisotopic (exact) mass is 340 g/mol. The fraction of sp³-hybridized carbons (Fsp3) is 0.667. The van der Waals surface area contributed by atoms with Crippen LogP contribution in [0.3, 0.4) is 0 Å². The molecular weight excluding hydrogens is 308 g/mol. The second-order valence-corrected chi connectivity index (χ2v) is 12.3. The first-order valence-corrected chi connectivity index (χ1v) is 12.0. The molecule has 4 heteroatoms. The van der Waals surface area contributed by atoms with Gasteiger partial charge in [-0.1, -0.05) is 62.3 Å². The van der Waals surface area contributed by atoms with Crippen LogP contribution in [0.5, 0.6) is 0 Å². The van der Waals surface area contributed by atoms with Crippen LogP contribution in [-0.4, -0.2) is 56.8 Å². The second kappa shape index (κ2) is 9.71. The maximum Gasteiger partial charge on any atom is 0.0672 e. The highest BCUT2D eigenvalue weighted by molar-refractivity contribution is 6.77. The summed E-state index contributed by atoms with van der Waals surface area (Å²) in [4.78, 5) is 5.36. The van der Waals surface area contributed by atoms with Crippen LogP contribution in [0.2, 0.25) is 13.1 Å². The van der Waals surface area contributed by atoms with Crippen LogP contribution in [0.15, 0.2) is 30.3 Å². The Kier molecular flexibility index (Phi) is 8.69. The van der Waals surface area contributed by atoms with Crippen LogP contribution in [0, 0.1) is 0 Å². The Balaban J connectivity index is 0.00000242. The van der Waals surface area contributed by atoms with Crippen LogP contribution < -0.4 is 0 Å². The zero-order valence-electron chi connectivity index (χ0n) is 14.6. The first kappa shape index (κ1) is 19.7. The van der Waals surface area contributed by atoms with Crippen molar-refractivity contribution in [2.45, 2.75) is 38.9 Å². The predicted molar refractivity (Wildman–Crippen MR) is 103 cm³/mol. The minimum Gasteiger partial charge on any atom is -0.304 e. The van der Waals surface area contributed by atoms with Gasteiger partial charge in [0.1, 0.15) is 0 Å². The van der Waals surface area contributed by atoms with Crippen LogP contribution in [0.25, 0.3) is 0 Å². The van der Waals surface area contributed by atoms with Crippen molar-refractivity contribution in [3.05, 3.63) is 35.9 Å². The molecular formula is C18H33ClN2Si. The molecule has 1 aromatic rings. The number of halogens is 1. The molecule has 1 aliphatic rings. The molecule has 1 fully saturated rings. The average molecular weight is 341 g/mol. The number of benzene rings is 1. The summed E-state index contributed by atoms with van der Waals surface area (Å²) in [6, 6.07) is 12.4. The molecule has 1 aromatic carbocycles. The van der Waals surface area contributed by atoms with E-state index in [1.165, 1.54) is 63.3 Å². The number of unbranched alkanes of at least 4 members (excludes halogenated alkanes) is 1. The molecule has 2 rings (SSSR count). The molecule has 22 heavy (non-hydrogen) atoms. The minimum absolute atomic E-state index is 0. The van der Waals surface area contributed by atoms with E-state index in [0.717, 1.165) is 0 Å². The van der Waals surface area contributed by atoms with Crippen molar-refractivity contribution in [1.82, 2.24) is 9.80 Å². The molecule has 1 heterocycles. The third-order valence-corrected chi connectivity index (χ3v) is 7.14. The van der Waals surface area contributed by atoms with Crippen LogP contribution >= 0.6 is 12.4 Å². The molecule has 0 aromatic heterocycles. The molecule has 0 unspecified atom stereocenters. The van der Waals surface area contributed by atoms with Gasteiger partial charge >= 0.3 is 0 Å². The maximum absolute atomic E-state index is 2.72. The highest BCUT2D eigenvalue weighted by atomic mass is 35.5. The third kappa shape index (κ3) is 6.82. The summed E-state index contributed by atoms with van der Waals surface area (Å²) in [5, 5.41) is 0. The minimum atomic E-state index is -1.17. The van der Waals surface area contributed by atoms with Gasteiger partial charge in [0.2, 0.25) is 0 Å². The molecule has 0 spiro atoms. The smallest absolute Gasteiger partial charge is 0.0672 e. The molecule has 126 valence electrons. The quantitative estimate of drug-likeness (QED) is 0.695. The van der Waals surface area contributed by atoms with E-state index in [4.69, 9.17) is 0 Å². The SMILES string of the molecule is CCCCN1CCN(C[Si](C)(C)Cc2ccccc2)CC1.Cl. The van der Waals surface area contributed by atoms with E-state index in [1.807, 2.05) is 0 Å². The zero-order chi connectivity index (χ0) is 15.1. The fourth-order valence-electron chi connectivity index (χ4n) is 3.36. The average Bonchev–Trinajstić information content (AvgIpc) is 2.47. The van der Waals surface area contributed by atoms with Crippen molar-refractivity contribution < 1.29 is 0 Å². The Hall–Kier alpha value is -0.353. The van der Waals surface area contributed by atoms with Crippen molar-refractivity contribution >= 4 is 20.5 Å². The first-order chi connectivity index (χ1) is 10.1. The Bertz CT molecular complexity index is 403. The van der Waals surface area contributed by atoms with Gasteiger partial charge in [0, 0.05) is 26.2 Å². The van der Waals surface area contributed by atoms with Crippen LogP contribution in [0.1, 0.15) is 25.3 Å². The van der Waals surface area contributed by atoms with E-state index < -0.39 is 8.07 Å². The maximum atomic E-state index is 2.72. The van der Waals surface area contributed by atoms with E-state index in [2.05, 4.69) is 60.1 Å². The number of rotatable bonds is 7. The molecule has 0 radical (unpaired) electrons. The molecule has 0 atom stereocenters. The van der Waals surface area contributed by atoms with Crippen molar-refractivity contribution in [3.63, 3.8) is 0 Å². The molecule has 0 aliphatic carbocycles. The summed E-state index contributed by atoms with van der Waals surface area (Å²) in [6.07, 6.45) is 4.02. The van der Waals surface area contributed by atoms with Crippen LogP contribution in [-0.2, 0) is 6.04 Å². The number of nitrogens with zero attached hydrogens (tertiary/aromatic N) is 2. The summed E-state index contributed by atoms with van der Waals surface area (Å²) in [6.45, 7) is 13.8. The number of hydrogen-bond acceptors (Lipinski definition) is 2. The molecule has 0 N–H and O–H groups in total. The van der Waals surface area contributed by atoms with Crippen molar-refractivity contribution in [3.8, 4) is 0 Å². The van der Waals surface area contributed by atoms with E-state index in [0.29, 0.717) is 0 Å². The molecule has 2 nitrogen and oxygen atoms in total. The zero-order valence-corrected chi connectivity index (χ0v) is 16.4. The summed E-state index contributed by atoms with van der Waals surface area (Å²) in [5.41, 5.74) is 1.52. The third-order valence-electron chi connectivity index (χ3n) is 4.47. The van der Waals surface area contributed by atoms with Gasteiger partial charge in [-0.25, -0.2) is 0 Å². The highest BCUT2D eigenvalue weighted by Gasteiger charge is 2.26. The Labute approximate surface area is 144 Å². The first-order valence-electron chi connectivity index (χ1n) is 8.58. The molecule has 0 bridgehead atoms. The molecule has 0 saturated carbocycles. The number of hydrogen-bond donors (Lipinski definition) is 0. The lowest BCUT2D eigenvalue weighted by atomic mass is 10.2. The molecule has 0 amide bonds. The van der Waals surface area contributed by atoms with E-state index in [-0.39, 0.29) is 12.4 Å². The fourth-order valence-corrected chi connectivity index (χ4v) is 6.34. The van der Waals surface area contributed by atoms with Gasteiger partial charge in [0.05, 0.1) is 8.07 Å². The van der Waals surface area contributed by atoms with Gasteiger partial charge in [0.15, 0.2) is 0 Å². The van der Waals surface area contributed by atoms with Crippen molar-refractivity contribution in [2.24, 2.45) is 0 Å². The molecule has 1 saturated heterocycles. The predicted octanol–water partition coefficient (Wildman–Crippen LogP) is 3.86.